The molecule has 0 atom stereocenters. The highest BCUT2D eigenvalue weighted by Gasteiger charge is 2.07. The van der Waals surface area contributed by atoms with E-state index in [1.165, 1.54) is 0 Å². The summed E-state index contributed by atoms with van der Waals surface area (Å²) in [5.74, 6) is 1.89. The predicted octanol–water partition coefficient (Wildman–Crippen LogP) is 2.47. The summed E-state index contributed by atoms with van der Waals surface area (Å²) >= 11 is 0. The molecule has 3 rings (SSSR count). The predicted molar refractivity (Wildman–Crippen MR) is 77.2 cm³/mol. The Morgan fingerprint density at radius 2 is 2.10 bits per heavy atom. The third-order valence-electron chi connectivity index (χ3n) is 3.34. The van der Waals surface area contributed by atoms with E-state index in [1.807, 2.05) is 43.9 Å². The zero-order valence-corrected chi connectivity index (χ0v) is 12.0. The number of pyridine rings is 1. The Kier molecular flexibility index (Phi) is 3.28. The van der Waals surface area contributed by atoms with Crippen molar-refractivity contribution in [1.29, 1.82) is 0 Å². The molecular formula is C15H18N4O. The molecule has 0 unspecified atom stereocenters. The quantitative estimate of drug-likeness (QED) is 0.791. The van der Waals surface area contributed by atoms with E-state index in [-0.39, 0.29) is 0 Å². The summed E-state index contributed by atoms with van der Waals surface area (Å²) in [7, 11) is 1.92. The Hall–Kier alpha value is -2.14. The van der Waals surface area contributed by atoms with Crippen LogP contribution in [0.1, 0.15) is 22.8 Å². The minimum Gasteiger partial charge on any atom is -0.465 e. The van der Waals surface area contributed by atoms with E-state index in [9.17, 15) is 0 Å². The molecule has 1 N–H and O–H groups in total. The van der Waals surface area contributed by atoms with Gasteiger partial charge in [-0.05, 0) is 37.6 Å². The molecule has 3 aromatic heterocycles. The first-order valence-corrected chi connectivity index (χ1v) is 6.68. The molecule has 0 aliphatic rings. The van der Waals surface area contributed by atoms with Crippen LogP contribution >= 0.6 is 0 Å². The minimum atomic E-state index is 0.720. The maximum Gasteiger partial charge on any atom is 0.157 e. The molecule has 0 bridgehead atoms. The largest absolute Gasteiger partial charge is 0.465 e. The summed E-state index contributed by atoms with van der Waals surface area (Å²) in [6.45, 7) is 5.44. The van der Waals surface area contributed by atoms with Gasteiger partial charge in [-0.1, -0.05) is 0 Å². The van der Waals surface area contributed by atoms with E-state index < -0.39 is 0 Å². The van der Waals surface area contributed by atoms with Crippen molar-refractivity contribution in [3.05, 3.63) is 47.2 Å². The van der Waals surface area contributed by atoms with Crippen molar-refractivity contribution in [3.8, 4) is 0 Å². The second-order valence-corrected chi connectivity index (χ2v) is 5.04. The Balaban J connectivity index is 1.70. The smallest absolute Gasteiger partial charge is 0.157 e. The topological polar surface area (TPSA) is 55.9 Å². The van der Waals surface area contributed by atoms with Gasteiger partial charge < -0.3 is 9.73 Å². The molecule has 0 fully saturated rings. The number of fused-ring (bicyclic) bond motifs is 1. The van der Waals surface area contributed by atoms with Crippen LogP contribution in [-0.2, 0) is 20.1 Å². The van der Waals surface area contributed by atoms with Gasteiger partial charge in [0.15, 0.2) is 5.65 Å². The van der Waals surface area contributed by atoms with Crippen LogP contribution in [0.5, 0.6) is 0 Å². The van der Waals surface area contributed by atoms with Crippen molar-refractivity contribution in [1.82, 2.24) is 20.1 Å². The van der Waals surface area contributed by atoms with Crippen molar-refractivity contribution in [2.24, 2.45) is 7.05 Å². The highest BCUT2D eigenvalue weighted by molar-refractivity contribution is 5.78. The Morgan fingerprint density at radius 3 is 2.85 bits per heavy atom. The molecule has 5 heteroatoms. The molecule has 0 saturated heterocycles. The molecule has 0 aliphatic carbocycles. The lowest BCUT2D eigenvalue weighted by Gasteiger charge is -2.03. The van der Waals surface area contributed by atoms with E-state index in [0.717, 1.165) is 46.9 Å². The van der Waals surface area contributed by atoms with Gasteiger partial charge in [-0.3, -0.25) is 4.68 Å². The van der Waals surface area contributed by atoms with Crippen molar-refractivity contribution < 1.29 is 4.42 Å². The van der Waals surface area contributed by atoms with Gasteiger partial charge in [0.25, 0.3) is 0 Å². The van der Waals surface area contributed by atoms with Crippen LogP contribution in [0, 0.1) is 13.8 Å². The zero-order valence-electron chi connectivity index (χ0n) is 12.0. The maximum absolute atomic E-state index is 5.52. The highest BCUT2D eigenvalue weighted by atomic mass is 16.3. The van der Waals surface area contributed by atoms with Gasteiger partial charge >= 0.3 is 0 Å². The minimum absolute atomic E-state index is 0.720. The van der Waals surface area contributed by atoms with Crippen molar-refractivity contribution in [2.75, 3.05) is 0 Å². The summed E-state index contributed by atoms with van der Waals surface area (Å²) in [4.78, 5) is 4.47. The van der Waals surface area contributed by atoms with Crippen molar-refractivity contribution in [2.45, 2.75) is 26.9 Å². The molecule has 3 heterocycles. The monoisotopic (exact) mass is 270 g/mol. The van der Waals surface area contributed by atoms with E-state index >= 15 is 0 Å². The fourth-order valence-electron chi connectivity index (χ4n) is 2.36. The van der Waals surface area contributed by atoms with E-state index in [0.29, 0.717) is 0 Å². The summed E-state index contributed by atoms with van der Waals surface area (Å²) in [6.07, 6.45) is 1.89. The fourth-order valence-corrected chi connectivity index (χ4v) is 2.36. The summed E-state index contributed by atoms with van der Waals surface area (Å²) in [5.41, 5.74) is 3.09. The zero-order chi connectivity index (χ0) is 14.1. The number of aryl methyl sites for hydroxylation is 3. The standard InChI is InChI=1S/C15H18N4O/c1-10-4-5-13(20-10)9-16-7-12-6-14-11(2)18-19(3)15(14)17-8-12/h4-6,8,16H,7,9H2,1-3H3. The Bertz CT molecular complexity index is 741. The van der Waals surface area contributed by atoms with E-state index in [1.54, 1.807) is 0 Å². The third kappa shape index (κ3) is 2.44. The van der Waals surface area contributed by atoms with Crippen LogP contribution in [-0.4, -0.2) is 14.8 Å². The third-order valence-corrected chi connectivity index (χ3v) is 3.34. The number of nitrogens with one attached hydrogen (secondary N) is 1. The average molecular weight is 270 g/mol. The van der Waals surface area contributed by atoms with Crippen molar-refractivity contribution in [3.63, 3.8) is 0 Å². The molecule has 0 spiro atoms. The first kappa shape index (κ1) is 12.9. The molecule has 0 amide bonds. The molecular weight excluding hydrogens is 252 g/mol. The molecule has 5 nitrogen and oxygen atoms in total. The number of furan rings is 1. The second kappa shape index (κ2) is 5.09. The lowest BCUT2D eigenvalue weighted by atomic mass is 10.2. The average Bonchev–Trinajstić information content (AvgIpc) is 2.95. The normalized spacial score (nSPS) is 11.3. The Morgan fingerprint density at radius 1 is 1.25 bits per heavy atom. The molecule has 0 radical (unpaired) electrons. The Labute approximate surface area is 117 Å². The van der Waals surface area contributed by atoms with E-state index in [2.05, 4.69) is 21.5 Å². The van der Waals surface area contributed by atoms with Crippen LogP contribution < -0.4 is 5.32 Å². The van der Waals surface area contributed by atoms with Gasteiger partial charge in [-0.15, -0.1) is 0 Å². The molecule has 104 valence electrons. The SMILES string of the molecule is Cc1ccc(CNCc2cnc3c(c2)c(C)nn3C)o1. The molecule has 0 aliphatic heterocycles. The van der Waals surface area contributed by atoms with Crippen molar-refractivity contribution >= 4 is 11.0 Å². The number of rotatable bonds is 4. The van der Waals surface area contributed by atoms with Crippen LogP contribution in [0.2, 0.25) is 0 Å². The number of aromatic nitrogens is 3. The lowest BCUT2D eigenvalue weighted by molar-refractivity contribution is 0.461. The van der Waals surface area contributed by atoms with Crippen LogP contribution in [0.3, 0.4) is 0 Å². The molecule has 3 aromatic rings. The van der Waals surface area contributed by atoms with Gasteiger partial charge in [-0.2, -0.15) is 5.10 Å². The summed E-state index contributed by atoms with van der Waals surface area (Å²) in [5, 5.41) is 8.85. The van der Waals surface area contributed by atoms with E-state index in [4.69, 9.17) is 4.42 Å². The van der Waals surface area contributed by atoms with Crippen LogP contribution in [0.15, 0.2) is 28.8 Å². The lowest BCUT2D eigenvalue weighted by Crippen LogP contribution is -2.12. The van der Waals surface area contributed by atoms with Crippen LogP contribution in [0.25, 0.3) is 11.0 Å². The van der Waals surface area contributed by atoms with Gasteiger partial charge in [0.05, 0.1) is 12.2 Å². The maximum atomic E-state index is 5.52. The van der Waals surface area contributed by atoms with Gasteiger partial charge in [0.1, 0.15) is 11.5 Å². The summed E-state index contributed by atoms with van der Waals surface area (Å²) < 4.78 is 7.34. The van der Waals surface area contributed by atoms with Gasteiger partial charge in [-0.25, -0.2) is 4.98 Å². The molecule has 20 heavy (non-hydrogen) atoms. The fraction of sp³-hybridized carbons (Fsp3) is 0.333. The highest BCUT2D eigenvalue weighted by Crippen LogP contribution is 2.16. The molecule has 0 aromatic carbocycles. The second-order valence-electron chi connectivity index (χ2n) is 5.04. The first-order chi connectivity index (χ1) is 9.63. The van der Waals surface area contributed by atoms with Gasteiger partial charge in [0.2, 0.25) is 0 Å². The van der Waals surface area contributed by atoms with Gasteiger partial charge in [0, 0.05) is 25.2 Å². The number of hydrogen-bond donors (Lipinski definition) is 1. The first-order valence-electron chi connectivity index (χ1n) is 6.68. The molecule has 0 saturated carbocycles. The van der Waals surface area contributed by atoms with Crippen LogP contribution in [0.4, 0.5) is 0 Å². The summed E-state index contributed by atoms with van der Waals surface area (Å²) in [6, 6.07) is 6.11. The number of hydrogen-bond acceptors (Lipinski definition) is 4. The number of nitrogens with zero attached hydrogens (tertiary/aromatic N) is 3.